The Labute approximate surface area is 116 Å². The summed E-state index contributed by atoms with van der Waals surface area (Å²) in [4.78, 5) is 14.0. The van der Waals surface area contributed by atoms with E-state index < -0.39 is 0 Å². The maximum absolute atomic E-state index is 11.4. The summed E-state index contributed by atoms with van der Waals surface area (Å²) in [6.07, 6.45) is 0.489. The molecule has 2 N–H and O–H groups in total. The molecule has 4 heteroatoms. The summed E-state index contributed by atoms with van der Waals surface area (Å²) in [5, 5.41) is 6.22. The fourth-order valence-corrected chi connectivity index (χ4v) is 3.53. The van der Waals surface area contributed by atoms with E-state index in [2.05, 4.69) is 41.8 Å². The van der Waals surface area contributed by atoms with Crippen molar-refractivity contribution < 1.29 is 4.79 Å². The third kappa shape index (κ3) is 2.29. The second kappa shape index (κ2) is 4.79. The van der Waals surface area contributed by atoms with E-state index in [4.69, 9.17) is 0 Å². The standard InChI is InChI=1S/C15H16N2OS/c1-9-3-6-13(19-9)15(16-2)10-4-5-12-11(7-10)8-14(18)17-12/h3-7,15-16H,8H2,1-2H3,(H,17,18). The lowest BCUT2D eigenvalue weighted by Crippen LogP contribution is -2.16. The van der Waals surface area contributed by atoms with Crippen molar-refractivity contribution in [3.63, 3.8) is 0 Å². The number of carbonyl (C=O) groups is 1. The van der Waals surface area contributed by atoms with Gasteiger partial charge in [-0.05, 0) is 43.3 Å². The molecule has 1 aromatic carbocycles. The average Bonchev–Trinajstić information content (AvgIpc) is 2.95. The summed E-state index contributed by atoms with van der Waals surface area (Å²) >= 11 is 1.80. The summed E-state index contributed by atoms with van der Waals surface area (Å²) in [5.41, 5.74) is 3.25. The van der Waals surface area contributed by atoms with Crippen LogP contribution >= 0.6 is 11.3 Å². The second-order valence-corrected chi connectivity index (χ2v) is 6.13. The molecule has 0 bridgehead atoms. The van der Waals surface area contributed by atoms with Crippen LogP contribution in [-0.4, -0.2) is 13.0 Å². The van der Waals surface area contributed by atoms with E-state index in [9.17, 15) is 4.79 Å². The number of nitrogens with one attached hydrogen (secondary N) is 2. The molecule has 1 unspecified atom stereocenters. The molecular formula is C15H16N2OS. The van der Waals surface area contributed by atoms with Crippen molar-refractivity contribution in [1.82, 2.24) is 5.32 Å². The van der Waals surface area contributed by atoms with Crippen molar-refractivity contribution in [3.8, 4) is 0 Å². The summed E-state index contributed by atoms with van der Waals surface area (Å²) in [6, 6.07) is 10.7. The van der Waals surface area contributed by atoms with Gasteiger partial charge in [0.1, 0.15) is 0 Å². The molecule has 2 aromatic rings. The van der Waals surface area contributed by atoms with Gasteiger partial charge in [0.25, 0.3) is 0 Å². The van der Waals surface area contributed by atoms with Crippen LogP contribution in [0.2, 0.25) is 0 Å². The van der Waals surface area contributed by atoms with Crippen LogP contribution in [0.3, 0.4) is 0 Å². The average molecular weight is 272 g/mol. The SMILES string of the molecule is CNC(c1ccc2c(c1)CC(=O)N2)c1ccc(C)s1. The number of aryl methyl sites for hydroxylation is 1. The van der Waals surface area contributed by atoms with Crippen molar-refractivity contribution in [2.45, 2.75) is 19.4 Å². The Morgan fingerprint density at radius 3 is 2.84 bits per heavy atom. The number of carbonyl (C=O) groups excluding carboxylic acids is 1. The topological polar surface area (TPSA) is 41.1 Å². The molecule has 0 saturated heterocycles. The Kier molecular flexibility index (Phi) is 3.12. The lowest BCUT2D eigenvalue weighted by atomic mass is 10.0. The largest absolute Gasteiger partial charge is 0.326 e. The Hall–Kier alpha value is -1.65. The molecule has 1 amide bonds. The Bertz CT molecular complexity index is 633. The number of benzene rings is 1. The number of anilines is 1. The molecule has 3 nitrogen and oxygen atoms in total. The third-order valence-corrected chi connectivity index (χ3v) is 4.49. The van der Waals surface area contributed by atoms with Gasteiger partial charge >= 0.3 is 0 Å². The number of hydrogen-bond donors (Lipinski definition) is 2. The van der Waals surface area contributed by atoms with E-state index >= 15 is 0 Å². The fraction of sp³-hybridized carbons (Fsp3) is 0.267. The van der Waals surface area contributed by atoms with E-state index in [1.807, 2.05) is 13.1 Å². The van der Waals surface area contributed by atoms with Crippen LogP contribution in [-0.2, 0) is 11.2 Å². The molecule has 0 spiro atoms. The molecule has 19 heavy (non-hydrogen) atoms. The van der Waals surface area contributed by atoms with Gasteiger partial charge in [0.05, 0.1) is 12.5 Å². The Morgan fingerprint density at radius 1 is 1.32 bits per heavy atom. The van der Waals surface area contributed by atoms with Gasteiger partial charge in [0.2, 0.25) is 5.91 Å². The highest BCUT2D eigenvalue weighted by atomic mass is 32.1. The normalized spacial score (nSPS) is 15.2. The number of amides is 1. The van der Waals surface area contributed by atoms with Crippen molar-refractivity contribution >= 4 is 22.9 Å². The van der Waals surface area contributed by atoms with Crippen molar-refractivity contribution in [1.29, 1.82) is 0 Å². The number of hydrogen-bond acceptors (Lipinski definition) is 3. The first kappa shape index (κ1) is 12.4. The molecule has 0 aliphatic carbocycles. The number of fused-ring (bicyclic) bond motifs is 1. The van der Waals surface area contributed by atoms with Gasteiger partial charge in [0.15, 0.2) is 0 Å². The van der Waals surface area contributed by atoms with Crippen molar-refractivity contribution in [2.75, 3.05) is 12.4 Å². The quantitative estimate of drug-likeness (QED) is 0.902. The molecule has 1 atom stereocenters. The lowest BCUT2D eigenvalue weighted by Gasteiger charge is -2.16. The predicted octanol–water partition coefficient (Wildman–Crippen LogP) is 2.86. The highest BCUT2D eigenvalue weighted by molar-refractivity contribution is 7.12. The summed E-state index contributed by atoms with van der Waals surface area (Å²) in [5.74, 6) is 0.0834. The van der Waals surface area contributed by atoms with Gasteiger partial charge in [-0.3, -0.25) is 4.79 Å². The van der Waals surface area contributed by atoms with E-state index in [-0.39, 0.29) is 11.9 Å². The number of thiophene rings is 1. The molecule has 0 fully saturated rings. The van der Waals surface area contributed by atoms with Gasteiger partial charge in [-0.15, -0.1) is 11.3 Å². The van der Waals surface area contributed by atoms with Crippen LogP contribution in [0.1, 0.15) is 26.9 Å². The first-order chi connectivity index (χ1) is 9.17. The van der Waals surface area contributed by atoms with E-state index in [1.54, 1.807) is 11.3 Å². The van der Waals surface area contributed by atoms with Gasteiger partial charge < -0.3 is 10.6 Å². The summed E-state index contributed by atoms with van der Waals surface area (Å²) < 4.78 is 0. The molecule has 2 heterocycles. The van der Waals surface area contributed by atoms with Gasteiger partial charge in [-0.1, -0.05) is 12.1 Å². The second-order valence-electron chi connectivity index (χ2n) is 4.81. The van der Waals surface area contributed by atoms with E-state index in [1.165, 1.54) is 15.3 Å². The summed E-state index contributed by atoms with van der Waals surface area (Å²) in [6.45, 7) is 2.12. The molecule has 3 rings (SSSR count). The molecule has 1 aliphatic heterocycles. The molecule has 0 radical (unpaired) electrons. The van der Waals surface area contributed by atoms with Gasteiger partial charge in [-0.2, -0.15) is 0 Å². The first-order valence-electron chi connectivity index (χ1n) is 6.33. The third-order valence-electron chi connectivity index (χ3n) is 3.42. The van der Waals surface area contributed by atoms with Gasteiger partial charge in [0, 0.05) is 15.4 Å². The minimum atomic E-state index is 0.0834. The van der Waals surface area contributed by atoms with Crippen LogP contribution in [0.5, 0.6) is 0 Å². The first-order valence-corrected chi connectivity index (χ1v) is 7.15. The zero-order valence-electron chi connectivity index (χ0n) is 11.0. The highest BCUT2D eigenvalue weighted by Gasteiger charge is 2.20. The maximum Gasteiger partial charge on any atom is 0.228 e. The van der Waals surface area contributed by atoms with Crippen LogP contribution in [0.15, 0.2) is 30.3 Å². The minimum absolute atomic E-state index is 0.0834. The van der Waals surface area contributed by atoms with Crippen LogP contribution < -0.4 is 10.6 Å². The fourth-order valence-electron chi connectivity index (χ4n) is 2.51. The Balaban J connectivity index is 1.97. The van der Waals surface area contributed by atoms with E-state index in [0.29, 0.717) is 6.42 Å². The van der Waals surface area contributed by atoms with Crippen LogP contribution in [0.25, 0.3) is 0 Å². The zero-order valence-corrected chi connectivity index (χ0v) is 11.8. The predicted molar refractivity (Wildman–Crippen MR) is 78.7 cm³/mol. The van der Waals surface area contributed by atoms with Crippen molar-refractivity contribution in [2.24, 2.45) is 0 Å². The Morgan fingerprint density at radius 2 is 2.16 bits per heavy atom. The lowest BCUT2D eigenvalue weighted by molar-refractivity contribution is -0.115. The smallest absolute Gasteiger partial charge is 0.228 e. The van der Waals surface area contributed by atoms with E-state index in [0.717, 1.165) is 11.3 Å². The minimum Gasteiger partial charge on any atom is -0.326 e. The molecule has 0 saturated carbocycles. The van der Waals surface area contributed by atoms with Crippen LogP contribution in [0.4, 0.5) is 5.69 Å². The number of rotatable bonds is 3. The van der Waals surface area contributed by atoms with Gasteiger partial charge in [-0.25, -0.2) is 0 Å². The molecule has 1 aliphatic rings. The van der Waals surface area contributed by atoms with Crippen LogP contribution in [0, 0.1) is 6.92 Å². The maximum atomic E-state index is 11.4. The zero-order chi connectivity index (χ0) is 13.4. The summed E-state index contributed by atoms with van der Waals surface area (Å²) in [7, 11) is 1.97. The highest BCUT2D eigenvalue weighted by Crippen LogP contribution is 2.31. The molecule has 98 valence electrons. The van der Waals surface area contributed by atoms with Crippen molar-refractivity contribution in [3.05, 3.63) is 51.2 Å². The monoisotopic (exact) mass is 272 g/mol. The molecule has 1 aromatic heterocycles. The molecular weight excluding hydrogens is 256 g/mol.